The Morgan fingerprint density at radius 1 is 1.75 bits per heavy atom. The highest BCUT2D eigenvalue weighted by atomic mass is 16.5. The second-order valence-corrected chi connectivity index (χ2v) is 3.34. The largest absolute Gasteiger partial charge is 0.378 e. The van der Waals surface area contributed by atoms with Gasteiger partial charge in [-0.05, 0) is 32.7 Å². The molecule has 1 aliphatic heterocycles. The van der Waals surface area contributed by atoms with E-state index in [2.05, 4.69) is 11.9 Å². The van der Waals surface area contributed by atoms with Crippen LogP contribution in [0.2, 0.25) is 0 Å². The van der Waals surface area contributed by atoms with Crippen molar-refractivity contribution in [2.24, 2.45) is 0 Å². The molecule has 0 aromatic heterocycles. The van der Waals surface area contributed by atoms with Crippen molar-refractivity contribution >= 4 is 0 Å². The zero-order chi connectivity index (χ0) is 8.81. The molecule has 1 fully saturated rings. The minimum atomic E-state index is 0.453. The fraction of sp³-hybridized carbons (Fsp3) is 0.800. The van der Waals surface area contributed by atoms with E-state index >= 15 is 0 Å². The average molecular weight is 169 g/mol. The molecule has 0 aromatic carbocycles. The monoisotopic (exact) mass is 169 g/mol. The zero-order valence-electron chi connectivity index (χ0n) is 7.88. The van der Waals surface area contributed by atoms with Crippen molar-refractivity contribution in [3.05, 3.63) is 12.7 Å². The summed E-state index contributed by atoms with van der Waals surface area (Å²) in [7, 11) is 1.97. The first kappa shape index (κ1) is 9.75. The fourth-order valence-corrected chi connectivity index (χ4v) is 1.62. The summed E-state index contributed by atoms with van der Waals surface area (Å²) < 4.78 is 5.53. The molecule has 1 rings (SSSR count). The van der Waals surface area contributed by atoms with Gasteiger partial charge in [-0.1, -0.05) is 6.08 Å². The smallest absolute Gasteiger partial charge is 0.0576 e. The number of hydrogen-bond acceptors (Lipinski definition) is 2. The number of hydrogen-bond donors (Lipinski definition) is 1. The molecule has 0 aromatic rings. The minimum absolute atomic E-state index is 0.453. The maximum Gasteiger partial charge on any atom is 0.0576 e. The molecular weight excluding hydrogens is 150 g/mol. The molecular formula is C10H19NO. The van der Waals surface area contributed by atoms with Gasteiger partial charge in [0.25, 0.3) is 0 Å². The molecule has 1 N–H and O–H groups in total. The van der Waals surface area contributed by atoms with Crippen LogP contribution < -0.4 is 5.32 Å². The summed E-state index contributed by atoms with van der Waals surface area (Å²) in [5.74, 6) is 0. The lowest BCUT2D eigenvalue weighted by atomic mass is 10.1. The Kier molecular flexibility index (Phi) is 4.33. The average Bonchev–Trinajstić information content (AvgIpc) is 2.59. The Hall–Kier alpha value is -0.340. The second kappa shape index (κ2) is 5.33. The van der Waals surface area contributed by atoms with E-state index in [0.717, 1.165) is 19.4 Å². The SMILES string of the molecule is C=CC(CCC1CCCO1)NC. The Morgan fingerprint density at radius 2 is 2.58 bits per heavy atom. The molecule has 0 spiro atoms. The van der Waals surface area contributed by atoms with Gasteiger partial charge in [-0.2, -0.15) is 0 Å². The summed E-state index contributed by atoms with van der Waals surface area (Å²) in [6.45, 7) is 4.74. The van der Waals surface area contributed by atoms with E-state index in [0.29, 0.717) is 12.1 Å². The van der Waals surface area contributed by atoms with Crippen LogP contribution in [0.15, 0.2) is 12.7 Å². The van der Waals surface area contributed by atoms with E-state index in [1.165, 1.54) is 12.8 Å². The van der Waals surface area contributed by atoms with Crippen LogP contribution in [-0.4, -0.2) is 25.8 Å². The van der Waals surface area contributed by atoms with E-state index in [9.17, 15) is 0 Å². The molecule has 2 heteroatoms. The van der Waals surface area contributed by atoms with Gasteiger partial charge in [0.05, 0.1) is 6.10 Å². The van der Waals surface area contributed by atoms with Crippen LogP contribution in [0.4, 0.5) is 0 Å². The normalized spacial score (nSPS) is 25.6. The van der Waals surface area contributed by atoms with Crippen molar-refractivity contribution in [3.63, 3.8) is 0 Å². The summed E-state index contributed by atoms with van der Waals surface area (Å²) in [6, 6.07) is 0.453. The van der Waals surface area contributed by atoms with Crippen LogP contribution >= 0.6 is 0 Å². The Bertz CT molecular complexity index is 130. The summed E-state index contributed by atoms with van der Waals surface area (Å²) in [5, 5.41) is 3.20. The van der Waals surface area contributed by atoms with E-state index in [1.807, 2.05) is 13.1 Å². The number of nitrogens with one attached hydrogen (secondary N) is 1. The lowest BCUT2D eigenvalue weighted by Crippen LogP contribution is -2.23. The van der Waals surface area contributed by atoms with Crippen molar-refractivity contribution in [1.82, 2.24) is 5.32 Å². The summed E-state index contributed by atoms with van der Waals surface area (Å²) in [6.07, 6.45) is 7.27. The van der Waals surface area contributed by atoms with Crippen molar-refractivity contribution in [3.8, 4) is 0 Å². The van der Waals surface area contributed by atoms with Crippen molar-refractivity contribution in [2.75, 3.05) is 13.7 Å². The van der Waals surface area contributed by atoms with Gasteiger partial charge in [0, 0.05) is 12.6 Å². The number of rotatable bonds is 5. The van der Waals surface area contributed by atoms with Crippen LogP contribution in [0.1, 0.15) is 25.7 Å². The lowest BCUT2D eigenvalue weighted by molar-refractivity contribution is 0.101. The van der Waals surface area contributed by atoms with E-state index in [1.54, 1.807) is 0 Å². The minimum Gasteiger partial charge on any atom is -0.378 e. The van der Waals surface area contributed by atoms with E-state index in [4.69, 9.17) is 4.74 Å². The third kappa shape index (κ3) is 2.95. The molecule has 0 bridgehead atoms. The van der Waals surface area contributed by atoms with Crippen LogP contribution in [0.3, 0.4) is 0 Å². The standard InChI is InChI=1S/C10H19NO/c1-3-9(11-2)6-7-10-5-4-8-12-10/h3,9-11H,1,4-8H2,2H3. The highest BCUT2D eigenvalue weighted by molar-refractivity contribution is 4.85. The molecule has 1 saturated heterocycles. The van der Waals surface area contributed by atoms with Crippen molar-refractivity contribution in [2.45, 2.75) is 37.8 Å². The molecule has 2 atom stereocenters. The number of likely N-dealkylation sites (N-methyl/N-ethyl adjacent to an activating group) is 1. The molecule has 0 amide bonds. The molecule has 2 nitrogen and oxygen atoms in total. The Morgan fingerprint density at radius 3 is 3.08 bits per heavy atom. The first-order valence-corrected chi connectivity index (χ1v) is 4.78. The van der Waals surface area contributed by atoms with Crippen LogP contribution in [-0.2, 0) is 4.74 Å². The Balaban J connectivity index is 2.10. The predicted octanol–water partition coefficient (Wildman–Crippen LogP) is 1.72. The Labute approximate surface area is 75.0 Å². The topological polar surface area (TPSA) is 21.3 Å². The van der Waals surface area contributed by atoms with Gasteiger partial charge in [-0.3, -0.25) is 0 Å². The van der Waals surface area contributed by atoms with Gasteiger partial charge in [-0.15, -0.1) is 6.58 Å². The molecule has 12 heavy (non-hydrogen) atoms. The molecule has 2 unspecified atom stereocenters. The van der Waals surface area contributed by atoms with Gasteiger partial charge in [0.1, 0.15) is 0 Å². The maximum atomic E-state index is 5.53. The highest BCUT2D eigenvalue weighted by Gasteiger charge is 2.15. The molecule has 70 valence electrons. The van der Waals surface area contributed by atoms with E-state index < -0.39 is 0 Å². The van der Waals surface area contributed by atoms with Crippen LogP contribution in [0, 0.1) is 0 Å². The number of ether oxygens (including phenoxy) is 1. The second-order valence-electron chi connectivity index (χ2n) is 3.34. The zero-order valence-corrected chi connectivity index (χ0v) is 7.88. The maximum absolute atomic E-state index is 5.53. The predicted molar refractivity (Wildman–Crippen MR) is 51.3 cm³/mol. The van der Waals surface area contributed by atoms with Gasteiger partial charge in [0.2, 0.25) is 0 Å². The third-order valence-corrected chi connectivity index (χ3v) is 2.48. The quantitative estimate of drug-likeness (QED) is 0.633. The van der Waals surface area contributed by atoms with Gasteiger partial charge in [-0.25, -0.2) is 0 Å². The van der Waals surface area contributed by atoms with Crippen molar-refractivity contribution < 1.29 is 4.74 Å². The molecule has 0 radical (unpaired) electrons. The van der Waals surface area contributed by atoms with Gasteiger partial charge < -0.3 is 10.1 Å². The van der Waals surface area contributed by atoms with Crippen LogP contribution in [0.5, 0.6) is 0 Å². The van der Waals surface area contributed by atoms with Crippen LogP contribution in [0.25, 0.3) is 0 Å². The summed E-state index contributed by atoms with van der Waals surface area (Å²) in [4.78, 5) is 0. The lowest BCUT2D eigenvalue weighted by Gasteiger charge is -2.14. The summed E-state index contributed by atoms with van der Waals surface area (Å²) in [5.41, 5.74) is 0. The molecule has 1 heterocycles. The van der Waals surface area contributed by atoms with Crippen molar-refractivity contribution in [1.29, 1.82) is 0 Å². The summed E-state index contributed by atoms with van der Waals surface area (Å²) >= 11 is 0. The highest BCUT2D eigenvalue weighted by Crippen LogP contribution is 2.17. The molecule has 0 aliphatic carbocycles. The molecule has 0 saturated carbocycles. The fourth-order valence-electron chi connectivity index (χ4n) is 1.62. The first-order valence-electron chi connectivity index (χ1n) is 4.78. The third-order valence-electron chi connectivity index (χ3n) is 2.48. The van der Waals surface area contributed by atoms with E-state index in [-0.39, 0.29) is 0 Å². The van der Waals surface area contributed by atoms with Gasteiger partial charge in [0.15, 0.2) is 0 Å². The van der Waals surface area contributed by atoms with Gasteiger partial charge >= 0.3 is 0 Å². The molecule has 1 aliphatic rings. The first-order chi connectivity index (χ1) is 5.86.